The highest BCUT2D eigenvalue weighted by Gasteiger charge is 2.26. The predicted molar refractivity (Wildman–Crippen MR) is 111 cm³/mol. The van der Waals surface area contributed by atoms with Crippen LogP contribution in [0.3, 0.4) is 0 Å². The van der Waals surface area contributed by atoms with Crippen molar-refractivity contribution in [1.82, 2.24) is 19.8 Å². The van der Waals surface area contributed by atoms with Crippen LogP contribution in [-0.2, 0) is 4.79 Å². The summed E-state index contributed by atoms with van der Waals surface area (Å²) in [4.78, 5) is 34.2. The molecular weight excluding hydrogens is 360 g/mol. The largest absolute Gasteiger partial charge is 0.350 e. The fourth-order valence-corrected chi connectivity index (χ4v) is 4.90. The van der Waals surface area contributed by atoms with Crippen molar-refractivity contribution >= 4 is 27.5 Å². The van der Waals surface area contributed by atoms with Crippen LogP contribution in [0, 0.1) is 20.8 Å². The highest BCUT2D eigenvalue weighted by Crippen LogP contribution is 2.28. The van der Waals surface area contributed by atoms with E-state index in [1.165, 1.54) is 0 Å². The van der Waals surface area contributed by atoms with Gasteiger partial charge in [0, 0.05) is 29.5 Å². The SMILES string of the molecule is Cc1sc2nc(C)n(C3CCN(CC(=O)NC(C)(C)C)CC3)c(=O)c2c1C. The van der Waals surface area contributed by atoms with Crippen LogP contribution >= 0.6 is 11.3 Å². The first-order chi connectivity index (χ1) is 12.6. The second-order valence-corrected chi connectivity index (χ2v) is 9.81. The van der Waals surface area contributed by atoms with Gasteiger partial charge in [-0.2, -0.15) is 0 Å². The third-order valence-corrected chi connectivity index (χ3v) is 6.32. The van der Waals surface area contributed by atoms with Crippen LogP contribution in [0.5, 0.6) is 0 Å². The van der Waals surface area contributed by atoms with Gasteiger partial charge in [-0.25, -0.2) is 4.98 Å². The Kier molecular flexibility index (Phi) is 5.45. The summed E-state index contributed by atoms with van der Waals surface area (Å²) in [7, 11) is 0. The molecule has 2 aromatic rings. The molecule has 0 unspecified atom stereocenters. The third kappa shape index (κ3) is 4.24. The number of carbonyl (C=O) groups excluding carboxylic acids is 1. The van der Waals surface area contributed by atoms with Gasteiger partial charge in [0.2, 0.25) is 5.91 Å². The van der Waals surface area contributed by atoms with Crippen molar-refractivity contribution in [3.8, 4) is 0 Å². The Morgan fingerprint density at radius 2 is 1.85 bits per heavy atom. The van der Waals surface area contributed by atoms with E-state index in [-0.39, 0.29) is 23.0 Å². The van der Waals surface area contributed by atoms with E-state index in [4.69, 9.17) is 4.98 Å². The molecule has 1 fully saturated rings. The quantitative estimate of drug-likeness (QED) is 0.875. The van der Waals surface area contributed by atoms with E-state index in [0.29, 0.717) is 6.54 Å². The van der Waals surface area contributed by atoms with Crippen LogP contribution in [0.1, 0.15) is 55.9 Å². The third-order valence-electron chi connectivity index (χ3n) is 5.22. The molecule has 1 saturated heterocycles. The maximum Gasteiger partial charge on any atom is 0.262 e. The Labute approximate surface area is 164 Å². The van der Waals surface area contributed by atoms with Crippen LogP contribution in [0.4, 0.5) is 0 Å². The van der Waals surface area contributed by atoms with Crippen LogP contribution in [0.15, 0.2) is 4.79 Å². The van der Waals surface area contributed by atoms with Crippen LogP contribution in [-0.4, -0.2) is 45.5 Å². The average molecular weight is 391 g/mol. The van der Waals surface area contributed by atoms with E-state index in [1.807, 2.05) is 46.1 Å². The van der Waals surface area contributed by atoms with Gasteiger partial charge in [-0.1, -0.05) is 0 Å². The fourth-order valence-electron chi connectivity index (χ4n) is 3.83. The van der Waals surface area contributed by atoms with Crippen molar-refractivity contribution in [1.29, 1.82) is 0 Å². The summed E-state index contributed by atoms with van der Waals surface area (Å²) in [6.45, 7) is 14.0. The van der Waals surface area contributed by atoms with Crippen LogP contribution < -0.4 is 10.9 Å². The van der Waals surface area contributed by atoms with Crippen LogP contribution in [0.25, 0.3) is 10.2 Å². The summed E-state index contributed by atoms with van der Waals surface area (Å²) in [6.07, 6.45) is 1.72. The van der Waals surface area contributed by atoms with Crippen molar-refractivity contribution in [3.05, 3.63) is 26.6 Å². The minimum atomic E-state index is -0.211. The minimum absolute atomic E-state index is 0.0572. The monoisotopic (exact) mass is 390 g/mol. The van der Waals surface area contributed by atoms with Gasteiger partial charge in [0.05, 0.1) is 11.9 Å². The van der Waals surface area contributed by atoms with E-state index >= 15 is 0 Å². The zero-order valence-corrected chi connectivity index (χ0v) is 18.0. The Hall–Kier alpha value is -1.73. The lowest BCUT2D eigenvalue weighted by Gasteiger charge is -2.33. The number of likely N-dealkylation sites (tertiary alicyclic amines) is 1. The second-order valence-electron chi connectivity index (χ2n) is 8.60. The van der Waals surface area contributed by atoms with E-state index < -0.39 is 0 Å². The number of thiophene rings is 1. The molecule has 2 aromatic heterocycles. The first kappa shape index (κ1) is 20.0. The molecule has 1 aliphatic heterocycles. The van der Waals surface area contributed by atoms with Crippen molar-refractivity contribution < 1.29 is 4.79 Å². The molecule has 3 rings (SSSR count). The molecule has 1 N–H and O–H groups in total. The summed E-state index contributed by atoms with van der Waals surface area (Å²) >= 11 is 1.60. The maximum atomic E-state index is 13.2. The molecular formula is C20H30N4O2S. The summed E-state index contributed by atoms with van der Waals surface area (Å²) < 4.78 is 1.88. The lowest BCUT2D eigenvalue weighted by molar-refractivity contribution is -0.124. The van der Waals surface area contributed by atoms with Crippen molar-refractivity contribution in [3.63, 3.8) is 0 Å². The van der Waals surface area contributed by atoms with E-state index in [0.717, 1.165) is 52.4 Å². The average Bonchev–Trinajstić information content (AvgIpc) is 2.81. The molecule has 0 radical (unpaired) electrons. The molecule has 7 heteroatoms. The number of nitrogens with zero attached hydrogens (tertiary/aromatic N) is 3. The molecule has 0 aromatic carbocycles. The molecule has 3 heterocycles. The molecule has 1 aliphatic rings. The number of rotatable bonds is 3. The molecule has 0 aliphatic carbocycles. The van der Waals surface area contributed by atoms with Crippen molar-refractivity contribution in [2.45, 2.75) is 66.0 Å². The molecule has 1 amide bonds. The van der Waals surface area contributed by atoms with Crippen molar-refractivity contribution in [2.24, 2.45) is 0 Å². The molecule has 27 heavy (non-hydrogen) atoms. The number of hydrogen-bond donors (Lipinski definition) is 1. The number of aromatic nitrogens is 2. The van der Waals surface area contributed by atoms with Gasteiger partial charge in [0.25, 0.3) is 5.56 Å². The summed E-state index contributed by atoms with van der Waals surface area (Å²) in [5.74, 6) is 0.847. The normalized spacial score (nSPS) is 16.8. The van der Waals surface area contributed by atoms with Gasteiger partial charge in [0.1, 0.15) is 10.7 Å². The second kappa shape index (κ2) is 7.36. The highest BCUT2D eigenvalue weighted by molar-refractivity contribution is 7.18. The highest BCUT2D eigenvalue weighted by atomic mass is 32.1. The summed E-state index contributed by atoms with van der Waals surface area (Å²) in [6, 6.07) is 0.149. The number of piperidine rings is 1. The van der Waals surface area contributed by atoms with Crippen molar-refractivity contribution in [2.75, 3.05) is 19.6 Å². The van der Waals surface area contributed by atoms with Crippen LogP contribution in [0.2, 0.25) is 0 Å². The van der Waals surface area contributed by atoms with E-state index in [2.05, 4.69) is 10.2 Å². The first-order valence-corrected chi connectivity index (χ1v) is 10.4. The zero-order chi connectivity index (χ0) is 19.9. The topological polar surface area (TPSA) is 67.2 Å². The predicted octanol–water partition coefficient (Wildman–Crippen LogP) is 2.93. The lowest BCUT2D eigenvalue weighted by atomic mass is 10.0. The molecule has 0 bridgehead atoms. The molecule has 0 spiro atoms. The van der Waals surface area contributed by atoms with E-state index in [9.17, 15) is 9.59 Å². The zero-order valence-electron chi connectivity index (χ0n) is 17.2. The minimum Gasteiger partial charge on any atom is -0.350 e. The summed E-state index contributed by atoms with van der Waals surface area (Å²) in [5, 5.41) is 3.78. The lowest BCUT2D eigenvalue weighted by Crippen LogP contribution is -2.48. The van der Waals surface area contributed by atoms with Gasteiger partial charge < -0.3 is 5.32 Å². The van der Waals surface area contributed by atoms with Gasteiger partial charge in [0.15, 0.2) is 0 Å². The number of amides is 1. The molecule has 148 valence electrons. The number of hydrogen-bond acceptors (Lipinski definition) is 5. The molecule has 6 nitrogen and oxygen atoms in total. The smallest absolute Gasteiger partial charge is 0.262 e. The number of aryl methyl sites for hydroxylation is 3. The van der Waals surface area contributed by atoms with Gasteiger partial charge in [-0.3, -0.25) is 19.1 Å². The van der Waals surface area contributed by atoms with E-state index in [1.54, 1.807) is 11.3 Å². The fraction of sp³-hybridized carbons (Fsp3) is 0.650. The first-order valence-electron chi connectivity index (χ1n) is 9.59. The molecule has 0 saturated carbocycles. The molecule has 0 atom stereocenters. The van der Waals surface area contributed by atoms with Gasteiger partial charge in [-0.05, 0) is 59.9 Å². The Morgan fingerprint density at radius 1 is 1.22 bits per heavy atom. The maximum absolute atomic E-state index is 13.2. The standard InChI is InChI=1S/C20H30N4O2S/c1-12-13(2)27-18-17(12)19(26)24(14(3)21-18)15-7-9-23(10-8-15)11-16(25)22-20(4,5)6/h15H,7-11H2,1-6H3,(H,22,25). The van der Waals surface area contributed by atoms with Gasteiger partial charge in [-0.15, -0.1) is 11.3 Å². The Balaban J connectivity index is 1.74. The number of nitrogens with one attached hydrogen (secondary N) is 1. The van der Waals surface area contributed by atoms with Gasteiger partial charge >= 0.3 is 0 Å². The summed E-state index contributed by atoms with van der Waals surface area (Å²) in [5.41, 5.74) is 0.929. The number of carbonyl (C=O) groups is 1. The Bertz CT molecular complexity index is 915. The number of fused-ring (bicyclic) bond motifs is 1. The Morgan fingerprint density at radius 3 is 2.44 bits per heavy atom.